The molecule has 0 aliphatic heterocycles. The highest BCUT2D eigenvalue weighted by atomic mass is 35.5. The highest BCUT2D eigenvalue weighted by molar-refractivity contribution is 8.01. The Labute approximate surface area is 260 Å². The molecule has 3 N–H and O–H groups in total. The zero-order valence-corrected chi connectivity index (χ0v) is 25.8. The molecular weight excluding hydrogens is 582 g/mol. The fourth-order valence-electron chi connectivity index (χ4n) is 3.97. The van der Waals surface area contributed by atoms with Gasteiger partial charge in [0, 0.05) is 26.9 Å². The minimum atomic E-state index is -0.796. The van der Waals surface area contributed by atoms with E-state index in [9.17, 15) is 14.4 Å². The lowest BCUT2D eigenvalue weighted by Gasteiger charge is -2.24. The quantitative estimate of drug-likeness (QED) is 0.127. The van der Waals surface area contributed by atoms with Crippen molar-refractivity contribution in [2.45, 2.75) is 30.4 Å². The molecule has 0 radical (unpaired) electrons. The van der Waals surface area contributed by atoms with E-state index in [2.05, 4.69) is 16.0 Å². The second kappa shape index (κ2) is 14.1. The summed E-state index contributed by atoms with van der Waals surface area (Å²) < 4.78 is 4.42. The predicted molar refractivity (Wildman–Crippen MR) is 175 cm³/mol. The van der Waals surface area contributed by atoms with E-state index in [0.717, 1.165) is 10.5 Å². The van der Waals surface area contributed by atoms with Gasteiger partial charge in [-0.25, -0.2) is 0 Å². The van der Waals surface area contributed by atoms with Gasteiger partial charge < -0.3 is 20.7 Å². The molecule has 9 heteroatoms. The van der Waals surface area contributed by atoms with Crippen LogP contribution in [0.3, 0.4) is 0 Å². The topological polar surface area (TPSA) is 96.5 Å². The molecule has 3 amide bonds. The molecule has 0 spiro atoms. The number of methoxy groups -OCH3 is 1. The van der Waals surface area contributed by atoms with Crippen LogP contribution in [-0.4, -0.2) is 29.6 Å². The molecule has 0 aliphatic rings. The summed E-state index contributed by atoms with van der Waals surface area (Å²) in [5.74, 6) is -0.384. The first-order chi connectivity index (χ1) is 20.6. The van der Waals surface area contributed by atoms with Crippen LogP contribution in [0.1, 0.15) is 35.3 Å². The second-order valence-electron chi connectivity index (χ2n) is 10.1. The Bertz CT molecular complexity index is 1640. The van der Waals surface area contributed by atoms with Gasteiger partial charge in [0.1, 0.15) is 11.4 Å². The van der Waals surface area contributed by atoms with Crippen molar-refractivity contribution in [3.63, 3.8) is 0 Å². The van der Waals surface area contributed by atoms with Crippen molar-refractivity contribution in [1.82, 2.24) is 5.32 Å². The Balaban J connectivity index is 1.47. The Morgan fingerprint density at radius 3 is 2.16 bits per heavy atom. The molecule has 43 heavy (non-hydrogen) atoms. The number of hydrogen-bond acceptors (Lipinski definition) is 5. The number of rotatable bonds is 10. The van der Waals surface area contributed by atoms with Gasteiger partial charge in [0.05, 0.1) is 11.9 Å². The number of nitrogens with one attached hydrogen (secondary N) is 3. The molecule has 0 aliphatic carbocycles. The molecular formula is C34H32ClN3O4S. The number of ether oxygens (including phenoxy) is 1. The van der Waals surface area contributed by atoms with Gasteiger partial charge in [-0.2, -0.15) is 0 Å². The SMILES string of the molecule is COc1ccc(C=C(NC(=O)c2ccccc2)C(=O)Nc2ccc(SC(C)(C)C(=O)Nc3cccc(Cl)c3C)cc2)cc1. The first-order valence-corrected chi connectivity index (χ1v) is 14.6. The van der Waals surface area contributed by atoms with Crippen molar-refractivity contribution in [3.05, 3.63) is 124 Å². The van der Waals surface area contributed by atoms with Crippen LogP contribution in [0.5, 0.6) is 5.75 Å². The van der Waals surface area contributed by atoms with Gasteiger partial charge in [-0.05, 0) is 98.6 Å². The summed E-state index contributed by atoms with van der Waals surface area (Å²) in [6.07, 6.45) is 1.60. The van der Waals surface area contributed by atoms with Crippen LogP contribution in [-0.2, 0) is 9.59 Å². The molecule has 0 saturated carbocycles. The van der Waals surface area contributed by atoms with Crippen molar-refractivity contribution in [3.8, 4) is 5.75 Å². The van der Waals surface area contributed by atoms with E-state index in [1.807, 2.05) is 45.0 Å². The van der Waals surface area contributed by atoms with E-state index < -0.39 is 16.6 Å². The highest BCUT2D eigenvalue weighted by Gasteiger charge is 2.29. The van der Waals surface area contributed by atoms with Crippen molar-refractivity contribution in [2.24, 2.45) is 0 Å². The van der Waals surface area contributed by atoms with E-state index in [1.165, 1.54) is 11.8 Å². The molecule has 4 aromatic carbocycles. The third-order valence-electron chi connectivity index (χ3n) is 6.50. The zero-order chi connectivity index (χ0) is 31.0. The van der Waals surface area contributed by atoms with Crippen LogP contribution >= 0.6 is 23.4 Å². The maximum Gasteiger partial charge on any atom is 0.272 e. The van der Waals surface area contributed by atoms with Crippen molar-refractivity contribution < 1.29 is 19.1 Å². The van der Waals surface area contributed by atoms with Crippen LogP contribution in [0.2, 0.25) is 5.02 Å². The molecule has 0 bridgehead atoms. The van der Waals surface area contributed by atoms with Gasteiger partial charge in [-0.3, -0.25) is 14.4 Å². The molecule has 0 heterocycles. The average Bonchev–Trinajstić information content (AvgIpc) is 3.00. The minimum Gasteiger partial charge on any atom is -0.497 e. The number of carbonyl (C=O) groups excluding carboxylic acids is 3. The maximum absolute atomic E-state index is 13.3. The van der Waals surface area contributed by atoms with Crippen molar-refractivity contribution in [2.75, 3.05) is 17.7 Å². The van der Waals surface area contributed by atoms with E-state index >= 15 is 0 Å². The van der Waals surface area contributed by atoms with E-state index in [-0.39, 0.29) is 11.6 Å². The Morgan fingerprint density at radius 1 is 0.837 bits per heavy atom. The lowest BCUT2D eigenvalue weighted by molar-refractivity contribution is -0.117. The number of benzene rings is 4. The van der Waals surface area contributed by atoms with Crippen LogP contribution < -0.4 is 20.7 Å². The molecule has 0 atom stereocenters. The lowest BCUT2D eigenvalue weighted by Crippen LogP contribution is -2.34. The third kappa shape index (κ3) is 8.50. The Morgan fingerprint density at radius 2 is 1.51 bits per heavy atom. The first-order valence-electron chi connectivity index (χ1n) is 13.4. The van der Waals surface area contributed by atoms with Gasteiger partial charge in [0.25, 0.3) is 11.8 Å². The summed E-state index contributed by atoms with van der Waals surface area (Å²) in [7, 11) is 1.57. The van der Waals surface area contributed by atoms with Crippen LogP contribution in [0.4, 0.5) is 11.4 Å². The molecule has 4 rings (SSSR count). The molecule has 0 unspecified atom stereocenters. The Kier molecular flexibility index (Phi) is 10.3. The van der Waals surface area contributed by atoms with Crippen LogP contribution in [0, 0.1) is 6.92 Å². The molecule has 0 aromatic heterocycles. The zero-order valence-electron chi connectivity index (χ0n) is 24.2. The summed E-state index contributed by atoms with van der Waals surface area (Å²) in [4.78, 5) is 40.2. The van der Waals surface area contributed by atoms with Crippen molar-refractivity contribution >= 4 is 58.5 Å². The summed E-state index contributed by atoms with van der Waals surface area (Å²) in [5, 5.41) is 9.14. The van der Waals surface area contributed by atoms with Crippen molar-refractivity contribution in [1.29, 1.82) is 0 Å². The number of thioether (sulfide) groups is 1. The fraction of sp³-hybridized carbons (Fsp3) is 0.147. The summed E-state index contributed by atoms with van der Waals surface area (Å²) in [5.41, 5.74) is 3.21. The number of halogens is 1. The average molecular weight is 614 g/mol. The summed E-state index contributed by atoms with van der Waals surface area (Å²) in [6, 6.07) is 28.3. The monoisotopic (exact) mass is 613 g/mol. The largest absolute Gasteiger partial charge is 0.497 e. The predicted octanol–water partition coefficient (Wildman–Crippen LogP) is 7.58. The van der Waals surface area contributed by atoms with Gasteiger partial charge in [-0.15, -0.1) is 11.8 Å². The fourth-order valence-corrected chi connectivity index (χ4v) is 5.15. The lowest BCUT2D eigenvalue weighted by atomic mass is 10.1. The molecule has 0 saturated heterocycles. The normalized spacial score (nSPS) is 11.4. The number of hydrogen-bond donors (Lipinski definition) is 3. The molecule has 0 fully saturated rings. The van der Waals surface area contributed by atoms with Gasteiger partial charge >= 0.3 is 0 Å². The second-order valence-corrected chi connectivity index (χ2v) is 12.2. The smallest absolute Gasteiger partial charge is 0.272 e. The molecule has 220 valence electrons. The van der Waals surface area contributed by atoms with E-state index in [0.29, 0.717) is 33.3 Å². The van der Waals surface area contributed by atoms with Gasteiger partial charge in [-0.1, -0.05) is 48.0 Å². The first kappa shape index (κ1) is 31.4. The maximum atomic E-state index is 13.3. The number of carbonyl (C=O) groups is 3. The number of amides is 3. The standard InChI is InChI=1S/C34H32ClN3O4S/c1-22-28(35)11-8-12-29(22)38-33(41)34(2,3)43-27-19-15-25(16-20-27)36-32(40)30(21-23-13-17-26(42-4)18-14-23)37-31(39)24-9-6-5-7-10-24/h5-21H,1-4H3,(H,36,40)(H,37,39)(H,38,41). The van der Waals surface area contributed by atoms with Crippen LogP contribution in [0.15, 0.2) is 108 Å². The summed E-state index contributed by atoms with van der Waals surface area (Å²) >= 11 is 7.59. The van der Waals surface area contributed by atoms with E-state index in [1.54, 1.807) is 86.0 Å². The summed E-state index contributed by atoms with van der Waals surface area (Å²) in [6.45, 7) is 5.54. The third-order valence-corrected chi connectivity index (χ3v) is 8.12. The number of anilines is 2. The minimum absolute atomic E-state index is 0.0755. The van der Waals surface area contributed by atoms with Gasteiger partial charge in [0.15, 0.2) is 0 Å². The molecule has 7 nitrogen and oxygen atoms in total. The molecule has 4 aromatic rings. The van der Waals surface area contributed by atoms with Gasteiger partial charge in [0.2, 0.25) is 5.91 Å². The van der Waals surface area contributed by atoms with E-state index in [4.69, 9.17) is 16.3 Å². The Hall–Kier alpha value is -4.53. The highest BCUT2D eigenvalue weighted by Crippen LogP contribution is 2.35. The van der Waals surface area contributed by atoms with Crippen LogP contribution in [0.25, 0.3) is 6.08 Å².